The molecule has 0 aliphatic rings. The highest BCUT2D eigenvalue weighted by Crippen LogP contribution is 2.26. The summed E-state index contributed by atoms with van der Waals surface area (Å²) in [5.74, 6) is -0.454. The van der Waals surface area contributed by atoms with Crippen molar-refractivity contribution >= 4 is 27.5 Å². The molecule has 0 radical (unpaired) electrons. The molecule has 40 heavy (non-hydrogen) atoms. The van der Waals surface area contributed by atoms with E-state index in [1.54, 1.807) is 30.3 Å². The molecule has 0 bridgehead atoms. The average molecular weight is 564 g/mol. The van der Waals surface area contributed by atoms with Crippen molar-refractivity contribution in [2.24, 2.45) is 5.92 Å². The Morgan fingerprint density at radius 1 is 0.875 bits per heavy atom. The molecule has 3 aromatic carbocycles. The van der Waals surface area contributed by atoms with E-state index in [-0.39, 0.29) is 23.3 Å². The van der Waals surface area contributed by atoms with Gasteiger partial charge in [-0.3, -0.25) is 13.9 Å². The molecule has 0 saturated heterocycles. The maximum Gasteiger partial charge on any atom is 0.264 e. The quantitative estimate of drug-likeness (QED) is 0.320. The molecule has 1 N–H and O–H groups in total. The van der Waals surface area contributed by atoms with Gasteiger partial charge in [0.25, 0.3) is 10.0 Å². The number of hydrogen-bond donors (Lipinski definition) is 1. The van der Waals surface area contributed by atoms with Gasteiger partial charge < -0.3 is 10.2 Å². The molecule has 8 heteroatoms. The molecule has 3 rings (SSSR count). The standard InChI is InChI=1S/C32H41N3O4S/c1-7-30(32(37)33-20-23(2)3)34(21-27-16-13-24(4)14-17-27)31(36)22-35(28-18-15-25(5)26(6)19-28)40(38,39)29-11-9-8-10-12-29/h8-19,23,30H,7,20-22H2,1-6H3,(H,33,37)/t30-/m1/s1. The third kappa shape index (κ3) is 7.72. The van der Waals surface area contributed by atoms with Crippen molar-refractivity contribution in [3.05, 3.63) is 95.1 Å². The number of hydrogen-bond acceptors (Lipinski definition) is 4. The molecule has 0 spiro atoms. The first-order valence-corrected chi connectivity index (χ1v) is 15.2. The van der Waals surface area contributed by atoms with Crippen LogP contribution in [0.3, 0.4) is 0 Å². The fraction of sp³-hybridized carbons (Fsp3) is 0.375. The number of sulfonamides is 1. The molecule has 0 aliphatic carbocycles. The first-order chi connectivity index (χ1) is 18.9. The molecule has 214 valence electrons. The average Bonchev–Trinajstić information content (AvgIpc) is 2.93. The van der Waals surface area contributed by atoms with Gasteiger partial charge in [0.1, 0.15) is 12.6 Å². The van der Waals surface area contributed by atoms with Crippen LogP contribution in [0.25, 0.3) is 0 Å². The van der Waals surface area contributed by atoms with E-state index >= 15 is 0 Å². The lowest BCUT2D eigenvalue weighted by Crippen LogP contribution is -2.52. The van der Waals surface area contributed by atoms with E-state index in [1.165, 1.54) is 17.0 Å². The molecule has 0 saturated carbocycles. The minimum Gasteiger partial charge on any atom is -0.354 e. The Labute approximate surface area is 239 Å². The first-order valence-electron chi connectivity index (χ1n) is 13.7. The van der Waals surface area contributed by atoms with E-state index in [9.17, 15) is 18.0 Å². The highest BCUT2D eigenvalue weighted by molar-refractivity contribution is 7.92. The van der Waals surface area contributed by atoms with E-state index in [0.29, 0.717) is 18.7 Å². The number of anilines is 1. The zero-order chi connectivity index (χ0) is 29.4. The van der Waals surface area contributed by atoms with E-state index in [4.69, 9.17) is 0 Å². The summed E-state index contributed by atoms with van der Waals surface area (Å²) in [4.78, 5) is 29.0. The van der Waals surface area contributed by atoms with Crippen LogP contribution < -0.4 is 9.62 Å². The van der Waals surface area contributed by atoms with Gasteiger partial charge in [-0.25, -0.2) is 8.42 Å². The lowest BCUT2D eigenvalue weighted by molar-refractivity contribution is -0.140. The molecule has 1 atom stereocenters. The van der Waals surface area contributed by atoms with Crippen LogP contribution in [0.2, 0.25) is 0 Å². The minimum atomic E-state index is -4.08. The van der Waals surface area contributed by atoms with E-state index in [2.05, 4.69) is 5.32 Å². The van der Waals surface area contributed by atoms with Crippen LogP contribution in [0.15, 0.2) is 77.7 Å². The predicted octanol–water partition coefficient (Wildman–Crippen LogP) is 5.39. The van der Waals surface area contributed by atoms with Crippen LogP contribution in [-0.4, -0.2) is 44.3 Å². The number of carbonyl (C=O) groups is 2. The summed E-state index contributed by atoms with van der Waals surface area (Å²) in [7, 11) is -4.08. The van der Waals surface area contributed by atoms with Crippen LogP contribution in [-0.2, 0) is 26.2 Å². The van der Waals surface area contributed by atoms with Gasteiger partial charge in [0, 0.05) is 13.1 Å². The summed E-state index contributed by atoms with van der Waals surface area (Å²) >= 11 is 0. The van der Waals surface area contributed by atoms with Crippen LogP contribution in [0.1, 0.15) is 49.4 Å². The SMILES string of the molecule is CC[C@H](C(=O)NCC(C)C)N(Cc1ccc(C)cc1)C(=O)CN(c1ccc(C)c(C)c1)S(=O)(=O)c1ccccc1. The van der Waals surface area contributed by atoms with Gasteiger partial charge in [-0.2, -0.15) is 0 Å². The van der Waals surface area contributed by atoms with Gasteiger partial charge in [-0.15, -0.1) is 0 Å². The van der Waals surface area contributed by atoms with Crippen LogP contribution in [0, 0.1) is 26.7 Å². The fourth-order valence-electron chi connectivity index (χ4n) is 4.36. The number of carbonyl (C=O) groups excluding carboxylic acids is 2. The van der Waals surface area contributed by atoms with Crippen molar-refractivity contribution in [1.82, 2.24) is 10.2 Å². The molecule has 0 aliphatic heterocycles. The Morgan fingerprint density at radius 2 is 1.52 bits per heavy atom. The largest absolute Gasteiger partial charge is 0.354 e. The van der Waals surface area contributed by atoms with E-state index in [1.807, 2.05) is 71.9 Å². The highest BCUT2D eigenvalue weighted by Gasteiger charge is 2.33. The van der Waals surface area contributed by atoms with Gasteiger partial charge in [-0.1, -0.05) is 74.9 Å². The number of rotatable bonds is 12. The molecular weight excluding hydrogens is 522 g/mol. The zero-order valence-electron chi connectivity index (χ0n) is 24.3. The van der Waals surface area contributed by atoms with Gasteiger partial charge >= 0.3 is 0 Å². The van der Waals surface area contributed by atoms with Crippen LogP contribution >= 0.6 is 0 Å². The molecule has 3 aromatic rings. The smallest absolute Gasteiger partial charge is 0.264 e. The van der Waals surface area contributed by atoms with Crippen molar-refractivity contribution in [3.63, 3.8) is 0 Å². The first kappa shape index (κ1) is 30.9. The van der Waals surface area contributed by atoms with Crippen molar-refractivity contribution in [3.8, 4) is 0 Å². The Hall–Kier alpha value is -3.65. The summed E-state index contributed by atoms with van der Waals surface area (Å²) in [5, 5.41) is 2.95. The second-order valence-corrected chi connectivity index (χ2v) is 12.5. The number of amides is 2. The van der Waals surface area contributed by atoms with Crippen LogP contribution in [0.5, 0.6) is 0 Å². The predicted molar refractivity (Wildman–Crippen MR) is 161 cm³/mol. The summed E-state index contributed by atoms with van der Waals surface area (Å²) < 4.78 is 29.0. The highest BCUT2D eigenvalue weighted by atomic mass is 32.2. The Balaban J connectivity index is 2.05. The molecule has 0 fully saturated rings. The number of aryl methyl sites for hydroxylation is 3. The lowest BCUT2D eigenvalue weighted by atomic mass is 10.1. The maximum absolute atomic E-state index is 14.1. The number of nitrogens with one attached hydrogen (secondary N) is 1. The van der Waals surface area contributed by atoms with Gasteiger partial charge in [0.05, 0.1) is 10.6 Å². The Bertz CT molecular complexity index is 1400. The lowest BCUT2D eigenvalue weighted by Gasteiger charge is -2.33. The number of benzene rings is 3. The topological polar surface area (TPSA) is 86.8 Å². The molecule has 7 nitrogen and oxygen atoms in total. The Kier molecular flexibility index (Phi) is 10.5. The molecule has 0 unspecified atom stereocenters. The third-order valence-corrected chi connectivity index (χ3v) is 8.72. The molecule has 2 amide bonds. The molecule has 0 heterocycles. The van der Waals surface area contributed by atoms with E-state index in [0.717, 1.165) is 26.6 Å². The van der Waals surface area contributed by atoms with Crippen molar-refractivity contribution in [2.45, 2.75) is 65.4 Å². The van der Waals surface area contributed by atoms with Gasteiger partial charge in [-0.05, 0) is 74.1 Å². The van der Waals surface area contributed by atoms with Gasteiger partial charge in [0.2, 0.25) is 11.8 Å². The van der Waals surface area contributed by atoms with Crippen molar-refractivity contribution in [1.29, 1.82) is 0 Å². The second-order valence-electron chi connectivity index (χ2n) is 10.7. The summed E-state index contributed by atoms with van der Waals surface area (Å²) in [6, 6.07) is 20.5. The summed E-state index contributed by atoms with van der Waals surface area (Å²) in [6.45, 7) is 11.9. The number of nitrogens with zero attached hydrogens (tertiary/aromatic N) is 2. The Morgan fingerprint density at radius 3 is 2.10 bits per heavy atom. The van der Waals surface area contributed by atoms with Gasteiger partial charge in [0.15, 0.2) is 0 Å². The second kappa shape index (κ2) is 13.6. The van der Waals surface area contributed by atoms with Crippen molar-refractivity contribution < 1.29 is 18.0 Å². The van der Waals surface area contributed by atoms with Crippen molar-refractivity contribution in [2.75, 3.05) is 17.4 Å². The molecular formula is C32H41N3O4S. The fourth-order valence-corrected chi connectivity index (χ4v) is 5.79. The maximum atomic E-state index is 14.1. The minimum absolute atomic E-state index is 0.0906. The summed E-state index contributed by atoms with van der Waals surface area (Å²) in [6.07, 6.45) is 0.386. The van der Waals surface area contributed by atoms with E-state index < -0.39 is 28.5 Å². The monoisotopic (exact) mass is 563 g/mol. The molecule has 0 aromatic heterocycles. The normalized spacial score (nSPS) is 12.2. The zero-order valence-corrected chi connectivity index (χ0v) is 25.2. The van der Waals surface area contributed by atoms with Crippen LogP contribution in [0.4, 0.5) is 5.69 Å². The third-order valence-electron chi connectivity index (χ3n) is 6.93. The summed E-state index contributed by atoms with van der Waals surface area (Å²) in [5.41, 5.74) is 4.26.